The Balaban J connectivity index is -0.000000843. The van der Waals surface area contributed by atoms with Crippen molar-refractivity contribution in [1.29, 1.82) is 0 Å². The highest BCUT2D eigenvalue weighted by atomic mass is 19.4. The van der Waals surface area contributed by atoms with Gasteiger partial charge in [0.15, 0.2) is 6.61 Å². The first-order valence-corrected chi connectivity index (χ1v) is 12.5. The summed E-state index contributed by atoms with van der Waals surface area (Å²) in [7, 11) is 0. The lowest BCUT2D eigenvalue weighted by Gasteiger charge is -2.39. The molecule has 0 N–H and O–H groups in total. The van der Waals surface area contributed by atoms with Gasteiger partial charge in [0.1, 0.15) is 0 Å². The number of hydrogen-bond acceptors (Lipinski definition) is 2. The Morgan fingerprint density at radius 3 is 1.49 bits per heavy atom. The van der Waals surface area contributed by atoms with Gasteiger partial charge >= 0.3 is 42.0 Å². The molecule has 0 aliphatic carbocycles. The normalized spacial score (nSPS) is 14.2. The van der Waals surface area contributed by atoms with E-state index in [4.69, 9.17) is 0 Å². The summed E-state index contributed by atoms with van der Waals surface area (Å²) in [4.78, 5) is 11.4. The fraction of sp³-hybridized carbons (Fsp3) is 0.759. The van der Waals surface area contributed by atoms with Crippen molar-refractivity contribution >= 4 is 5.97 Å². The smallest absolute Gasteiger partial charge is 0.384 e. The Labute approximate surface area is 246 Å². The van der Waals surface area contributed by atoms with Crippen molar-refractivity contribution in [1.82, 2.24) is 0 Å². The van der Waals surface area contributed by atoms with Gasteiger partial charge in [-0.05, 0) is 49.1 Å². The first-order valence-electron chi connectivity index (χ1n) is 12.5. The highest BCUT2D eigenvalue weighted by Gasteiger charge is 2.87. The minimum absolute atomic E-state index is 0. The Morgan fingerprint density at radius 1 is 0.744 bits per heavy atom. The van der Waals surface area contributed by atoms with Crippen LogP contribution < -0.4 is 0 Å². The van der Waals surface area contributed by atoms with Crippen molar-refractivity contribution in [3.05, 3.63) is 35.4 Å². The predicted octanol–water partition coefficient (Wildman–Crippen LogP) is 11.2. The van der Waals surface area contributed by atoms with E-state index in [2.05, 4.69) is 63.6 Å². The topological polar surface area (TPSA) is 26.3 Å². The zero-order valence-corrected chi connectivity index (χ0v) is 23.9. The molecule has 0 saturated heterocycles. The second kappa shape index (κ2) is 15.2. The van der Waals surface area contributed by atoms with Crippen molar-refractivity contribution in [2.24, 2.45) is 5.41 Å². The number of esters is 1. The lowest BCUT2D eigenvalue weighted by molar-refractivity contribution is -0.414. The van der Waals surface area contributed by atoms with Gasteiger partial charge in [-0.3, -0.25) is 4.79 Å². The van der Waals surface area contributed by atoms with Crippen LogP contribution in [-0.2, 0) is 14.9 Å². The molecule has 1 aromatic rings. The van der Waals surface area contributed by atoms with Gasteiger partial charge in [-0.15, -0.1) is 0 Å². The van der Waals surface area contributed by atoms with Crippen LogP contribution >= 0.6 is 0 Å². The summed E-state index contributed by atoms with van der Waals surface area (Å²) in [6.07, 6.45) is -4.44. The molecule has 0 bridgehead atoms. The molecule has 0 fully saturated rings. The highest BCUT2D eigenvalue weighted by molar-refractivity contribution is 5.75. The third-order valence-corrected chi connectivity index (χ3v) is 6.72. The van der Waals surface area contributed by atoms with E-state index >= 15 is 0 Å². The summed E-state index contributed by atoms with van der Waals surface area (Å²) in [5.74, 6) is -36.7. The first-order chi connectivity index (χ1) is 18.1. The van der Waals surface area contributed by atoms with Crippen LogP contribution in [0, 0.1) is 5.41 Å². The van der Waals surface area contributed by atoms with Crippen molar-refractivity contribution in [2.45, 2.75) is 130 Å². The van der Waals surface area contributed by atoms with Crippen molar-refractivity contribution < 1.29 is 62.2 Å². The van der Waals surface area contributed by atoms with E-state index in [1.165, 1.54) is 24.5 Å². The second-order valence-electron chi connectivity index (χ2n) is 11.3. The molecule has 0 spiro atoms. The summed E-state index contributed by atoms with van der Waals surface area (Å²) in [6, 6.07) is 9.08. The van der Waals surface area contributed by atoms with Gasteiger partial charge in [-0.2, -0.15) is 43.9 Å². The number of halogens is 12. The lowest BCUT2D eigenvalue weighted by Crippen LogP contribution is -2.69. The van der Waals surface area contributed by atoms with Gasteiger partial charge in [0.2, 0.25) is 0 Å². The third kappa shape index (κ3) is 9.67. The molecule has 43 heavy (non-hydrogen) atoms. The molecule has 0 amide bonds. The van der Waals surface area contributed by atoms with Crippen molar-refractivity contribution in [2.75, 3.05) is 6.61 Å². The summed E-state index contributed by atoms with van der Waals surface area (Å²) in [5.41, 5.74) is 1.60. The molecule has 0 saturated carbocycles. The Morgan fingerprint density at radius 2 is 1.16 bits per heavy atom. The average Bonchev–Trinajstić information content (AvgIpc) is 2.86. The van der Waals surface area contributed by atoms with Gasteiger partial charge in [-0.25, -0.2) is 8.78 Å². The van der Waals surface area contributed by atoms with Crippen molar-refractivity contribution in [3.63, 3.8) is 0 Å². The summed E-state index contributed by atoms with van der Waals surface area (Å²) >= 11 is 0. The molecule has 0 aromatic heterocycles. The third-order valence-electron chi connectivity index (χ3n) is 6.72. The number of carbonyl (C=O) groups is 1. The van der Waals surface area contributed by atoms with E-state index in [-0.39, 0.29) is 26.7 Å². The van der Waals surface area contributed by atoms with E-state index in [0.717, 1.165) is 13.8 Å². The monoisotopic (exact) mass is 652 g/mol. The Hall–Kier alpha value is -2.15. The number of ether oxygens (including phenoxy) is 1. The standard InChI is InChI=1S/C14H22.C13H14F12O2.2CH4/c1-6-11(2)12-7-9-13(10-8-12)14(3,4)5;1-4-8(2,3)7(26)27-5-9(16,17)11(20,21)13(24,25)12(22,23)10(18,19)6(14)15;;/h7-11H,6H2,1-5H3;6H,4-5H2,1-3H3;2*1H4. The molecule has 1 unspecified atom stereocenters. The van der Waals surface area contributed by atoms with Gasteiger partial charge in [0.25, 0.3) is 0 Å². The fourth-order valence-electron chi connectivity index (χ4n) is 2.91. The maximum atomic E-state index is 13.4. The maximum Gasteiger partial charge on any atom is 0.384 e. The van der Waals surface area contributed by atoms with E-state index in [0.29, 0.717) is 5.92 Å². The SMILES string of the molecule is C.C.CCC(C)(C)C(=O)OCC(F)(F)C(F)(F)C(F)(F)C(F)(F)C(F)(F)C(F)F.CCC(C)c1ccc(C(C)(C)C)cc1. The molecule has 1 rings (SSSR count). The van der Waals surface area contributed by atoms with Crippen LogP contribution in [0.3, 0.4) is 0 Å². The molecule has 1 aromatic carbocycles. The number of carbonyl (C=O) groups excluding carboxylic acids is 1. The lowest BCUT2D eigenvalue weighted by atomic mass is 9.85. The fourth-order valence-corrected chi connectivity index (χ4v) is 2.91. The van der Waals surface area contributed by atoms with Crippen LogP contribution in [-0.4, -0.2) is 48.6 Å². The van der Waals surface area contributed by atoms with Gasteiger partial charge in [0.05, 0.1) is 5.41 Å². The molecular formula is C29H44F12O2. The molecule has 0 radical (unpaired) electrons. The molecule has 0 heterocycles. The largest absolute Gasteiger partial charge is 0.459 e. The minimum Gasteiger partial charge on any atom is -0.459 e. The summed E-state index contributed by atoms with van der Waals surface area (Å²) in [5, 5.41) is 0. The predicted molar refractivity (Wildman–Crippen MR) is 143 cm³/mol. The molecule has 14 heteroatoms. The van der Waals surface area contributed by atoms with Gasteiger partial charge < -0.3 is 4.74 Å². The molecule has 0 aliphatic heterocycles. The Bertz CT molecular complexity index is 982. The maximum absolute atomic E-state index is 13.4. The number of hydrogen-bond donors (Lipinski definition) is 0. The van der Waals surface area contributed by atoms with Gasteiger partial charge in [0, 0.05) is 0 Å². The minimum atomic E-state index is -7.63. The van der Waals surface area contributed by atoms with Crippen LogP contribution in [0.25, 0.3) is 0 Å². The van der Waals surface area contributed by atoms with E-state index < -0.39 is 54.0 Å². The van der Waals surface area contributed by atoms with Crippen LogP contribution in [0.4, 0.5) is 52.7 Å². The van der Waals surface area contributed by atoms with Crippen LogP contribution in [0.1, 0.15) is 100 Å². The molecule has 1 atom stereocenters. The Kier molecular flexibility index (Phi) is 16.0. The summed E-state index contributed by atoms with van der Waals surface area (Å²) < 4.78 is 159. The molecular weight excluding hydrogens is 608 g/mol. The van der Waals surface area contributed by atoms with Crippen molar-refractivity contribution in [3.8, 4) is 0 Å². The number of rotatable bonds is 11. The zero-order valence-electron chi connectivity index (χ0n) is 23.9. The zero-order chi connectivity index (χ0) is 33.0. The van der Waals surface area contributed by atoms with E-state index in [1.54, 1.807) is 0 Å². The van der Waals surface area contributed by atoms with Crippen LogP contribution in [0.15, 0.2) is 24.3 Å². The first kappa shape index (κ1) is 45.3. The molecule has 2 nitrogen and oxygen atoms in total. The average molecular weight is 653 g/mol. The number of benzene rings is 1. The van der Waals surface area contributed by atoms with Crippen LogP contribution in [0.2, 0.25) is 0 Å². The van der Waals surface area contributed by atoms with Gasteiger partial charge in [-0.1, -0.05) is 80.7 Å². The van der Waals surface area contributed by atoms with E-state index in [9.17, 15) is 57.5 Å². The number of alkyl halides is 12. The molecule has 256 valence electrons. The second-order valence-corrected chi connectivity index (χ2v) is 11.3. The highest BCUT2D eigenvalue weighted by Crippen LogP contribution is 2.58. The quantitative estimate of drug-likeness (QED) is 0.176. The molecule has 0 aliphatic rings. The van der Waals surface area contributed by atoms with E-state index in [1.807, 2.05) is 0 Å². The summed E-state index contributed by atoms with van der Waals surface area (Å²) in [6.45, 7) is 11.9. The van der Waals surface area contributed by atoms with Crippen LogP contribution in [0.5, 0.6) is 0 Å².